The predicted octanol–water partition coefficient (Wildman–Crippen LogP) is 3.55. The Bertz CT molecular complexity index is 636. The van der Waals surface area contributed by atoms with Crippen molar-refractivity contribution in [2.24, 2.45) is 5.73 Å². The molecule has 2 N–H and O–H groups in total. The van der Waals surface area contributed by atoms with Gasteiger partial charge in [-0.2, -0.15) is 5.26 Å². The van der Waals surface area contributed by atoms with E-state index in [0.717, 1.165) is 22.0 Å². The maximum Gasteiger partial charge on any atom is 0.144 e. The van der Waals surface area contributed by atoms with Crippen LogP contribution in [0.3, 0.4) is 0 Å². The normalized spacial score (nSPS) is 12.1. The van der Waals surface area contributed by atoms with E-state index in [9.17, 15) is 5.26 Å². The van der Waals surface area contributed by atoms with Gasteiger partial charge in [0.2, 0.25) is 0 Å². The Morgan fingerprint density at radius 3 is 2.95 bits per heavy atom. The van der Waals surface area contributed by atoms with E-state index >= 15 is 0 Å². The predicted molar refractivity (Wildman–Crippen MR) is 83.1 cm³/mol. The molecule has 0 aliphatic rings. The third-order valence-electron chi connectivity index (χ3n) is 2.64. The van der Waals surface area contributed by atoms with E-state index in [1.54, 1.807) is 11.6 Å². The number of thiazole rings is 1. The van der Waals surface area contributed by atoms with Crippen LogP contribution in [0, 0.1) is 18.3 Å². The van der Waals surface area contributed by atoms with Gasteiger partial charge in [-0.3, -0.25) is 0 Å². The summed E-state index contributed by atoms with van der Waals surface area (Å²) >= 11 is 9.13. The molecule has 1 atom stereocenters. The molecule has 2 aromatic rings. The van der Waals surface area contributed by atoms with Gasteiger partial charge >= 0.3 is 0 Å². The molecule has 0 radical (unpaired) electrons. The molecule has 2 rings (SSSR count). The molecule has 20 heavy (non-hydrogen) atoms. The van der Waals surface area contributed by atoms with Crippen LogP contribution >= 0.6 is 34.7 Å². The second-order valence-corrected chi connectivity index (χ2v) is 6.54. The Hall–Kier alpha value is -1.13. The van der Waals surface area contributed by atoms with E-state index in [4.69, 9.17) is 17.3 Å². The molecule has 7 heteroatoms. The number of rotatable bonds is 5. The molecule has 4 nitrogen and oxygen atoms in total. The number of hydrogen-bond donors (Lipinski definition) is 1. The van der Waals surface area contributed by atoms with Gasteiger partial charge in [0, 0.05) is 10.9 Å². The van der Waals surface area contributed by atoms with Crippen LogP contribution in [0.4, 0.5) is 0 Å². The third-order valence-corrected chi connectivity index (χ3v) is 5.44. The first-order chi connectivity index (χ1) is 9.65. The number of hydrogen-bond acceptors (Lipinski definition) is 6. The number of aryl methyl sites for hydroxylation is 1. The molecule has 0 aliphatic carbocycles. The molecule has 0 saturated carbocycles. The first kappa shape index (κ1) is 15.3. The molecule has 0 bridgehead atoms. The van der Waals surface area contributed by atoms with Crippen LogP contribution in [0.25, 0.3) is 0 Å². The van der Waals surface area contributed by atoms with Crippen molar-refractivity contribution in [1.82, 2.24) is 9.97 Å². The lowest BCUT2D eigenvalue weighted by atomic mass is 10.3. The summed E-state index contributed by atoms with van der Waals surface area (Å²) in [6.45, 7) is 2.45. The molecule has 1 unspecified atom stereocenters. The molecule has 0 saturated heterocycles. The lowest BCUT2D eigenvalue weighted by Gasteiger charge is -2.14. The monoisotopic (exact) mass is 324 g/mol. The van der Waals surface area contributed by atoms with E-state index in [-0.39, 0.29) is 5.25 Å². The Kier molecular flexibility index (Phi) is 5.38. The van der Waals surface area contributed by atoms with Gasteiger partial charge in [0.05, 0.1) is 16.0 Å². The molecule has 2 aromatic heterocycles. The smallest absolute Gasteiger partial charge is 0.144 e. The van der Waals surface area contributed by atoms with E-state index in [2.05, 4.69) is 16.0 Å². The van der Waals surface area contributed by atoms with Crippen LogP contribution in [0.5, 0.6) is 0 Å². The first-order valence-corrected chi connectivity index (χ1v) is 8.12. The van der Waals surface area contributed by atoms with Gasteiger partial charge in [-0.05, 0) is 32.0 Å². The summed E-state index contributed by atoms with van der Waals surface area (Å²) in [7, 11) is 0. The second kappa shape index (κ2) is 7.04. The summed E-state index contributed by atoms with van der Waals surface area (Å²) in [5, 5.41) is 10.5. The highest BCUT2D eigenvalue weighted by molar-refractivity contribution is 7.99. The van der Waals surface area contributed by atoms with Crippen LogP contribution in [-0.2, 0) is 0 Å². The molecule has 2 heterocycles. The van der Waals surface area contributed by atoms with Gasteiger partial charge in [0.25, 0.3) is 0 Å². The average Bonchev–Trinajstić information content (AvgIpc) is 2.85. The molecule has 0 fully saturated rings. The van der Waals surface area contributed by atoms with Crippen molar-refractivity contribution in [3.8, 4) is 6.07 Å². The van der Waals surface area contributed by atoms with Crippen LogP contribution in [0.2, 0.25) is 5.15 Å². The Morgan fingerprint density at radius 2 is 2.35 bits per heavy atom. The number of halogens is 1. The van der Waals surface area contributed by atoms with Crippen LogP contribution in [0.15, 0.2) is 22.7 Å². The maximum atomic E-state index is 9.17. The zero-order valence-electron chi connectivity index (χ0n) is 10.8. The third kappa shape index (κ3) is 3.49. The van der Waals surface area contributed by atoms with Crippen molar-refractivity contribution in [2.45, 2.75) is 23.6 Å². The molecule has 0 aliphatic heterocycles. The van der Waals surface area contributed by atoms with Gasteiger partial charge in [-0.15, -0.1) is 11.3 Å². The zero-order valence-corrected chi connectivity index (χ0v) is 13.2. The quantitative estimate of drug-likeness (QED) is 0.851. The summed E-state index contributed by atoms with van der Waals surface area (Å²) < 4.78 is 0. The summed E-state index contributed by atoms with van der Waals surface area (Å²) in [5.41, 5.74) is 8.86. The van der Waals surface area contributed by atoms with Crippen molar-refractivity contribution >= 4 is 34.7 Å². The van der Waals surface area contributed by atoms with Gasteiger partial charge in [0.1, 0.15) is 16.2 Å². The summed E-state index contributed by atoms with van der Waals surface area (Å²) in [6, 6.07) is 5.79. The molecule has 0 amide bonds. The molecular weight excluding hydrogens is 312 g/mol. The minimum atomic E-state index is 0.0707. The number of aromatic nitrogens is 2. The number of nitriles is 1. The van der Waals surface area contributed by atoms with Crippen molar-refractivity contribution in [3.05, 3.63) is 38.9 Å². The topological polar surface area (TPSA) is 75.6 Å². The average molecular weight is 325 g/mol. The number of pyridine rings is 1. The van der Waals surface area contributed by atoms with Gasteiger partial charge in [-0.25, -0.2) is 9.97 Å². The lowest BCUT2D eigenvalue weighted by molar-refractivity contribution is 0.820. The Morgan fingerprint density at radius 1 is 1.55 bits per heavy atom. The lowest BCUT2D eigenvalue weighted by Crippen LogP contribution is -2.05. The fourth-order valence-corrected chi connectivity index (χ4v) is 4.31. The fraction of sp³-hybridized carbons (Fsp3) is 0.308. The summed E-state index contributed by atoms with van der Waals surface area (Å²) in [6.07, 6.45) is 0.757. The van der Waals surface area contributed by atoms with Gasteiger partial charge in [0.15, 0.2) is 0 Å². The highest BCUT2D eigenvalue weighted by atomic mass is 35.5. The van der Waals surface area contributed by atoms with E-state index in [1.165, 1.54) is 23.1 Å². The number of nitrogens with two attached hydrogens (primary N) is 1. The van der Waals surface area contributed by atoms with Crippen LogP contribution in [0.1, 0.15) is 27.8 Å². The minimum Gasteiger partial charge on any atom is -0.330 e. The molecule has 0 spiro atoms. The first-order valence-electron chi connectivity index (χ1n) is 5.99. The maximum absolute atomic E-state index is 9.17. The van der Waals surface area contributed by atoms with Crippen LogP contribution in [-0.4, -0.2) is 16.5 Å². The number of thioether (sulfide) groups is 1. The molecular formula is C13H13ClN4S2. The SMILES string of the molecule is Cc1ccc(C#N)c(SC(CCN)c2scnc2Cl)n1. The largest absolute Gasteiger partial charge is 0.330 e. The van der Waals surface area contributed by atoms with Crippen molar-refractivity contribution in [1.29, 1.82) is 5.26 Å². The van der Waals surface area contributed by atoms with E-state index in [1.807, 2.05) is 13.0 Å². The molecule has 0 aromatic carbocycles. The Labute approximate surface area is 131 Å². The standard InChI is InChI=1S/C13H13ClN4S2/c1-8-2-3-9(6-16)13(18-8)20-10(4-5-15)11-12(14)17-7-19-11/h2-3,7,10H,4-5,15H2,1H3. The highest BCUT2D eigenvalue weighted by Gasteiger charge is 2.20. The van der Waals surface area contributed by atoms with Crippen molar-refractivity contribution in [2.75, 3.05) is 6.54 Å². The second-order valence-electron chi connectivity index (χ2n) is 4.11. The Balaban J connectivity index is 2.32. The van der Waals surface area contributed by atoms with Crippen molar-refractivity contribution in [3.63, 3.8) is 0 Å². The zero-order chi connectivity index (χ0) is 14.5. The number of nitrogens with zero attached hydrogens (tertiary/aromatic N) is 3. The van der Waals surface area contributed by atoms with Gasteiger partial charge in [-0.1, -0.05) is 23.4 Å². The van der Waals surface area contributed by atoms with Crippen molar-refractivity contribution < 1.29 is 0 Å². The minimum absolute atomic E-state index is 0.0707. The van der Waals surface area contributed by atoms with Gasteiger partial charge < -0.3 is 5.73 Å². The molecule has 104 valence electrons. The summed E-state index contributed by atoms with van der Waals surface area (Å²) in [4.78, 5) is 9.49. The van der Waals surface area contributed by atoms with E-state index < -0.39 is 0 Å². The van der Waals surface area contributed by atoms with Crippen LogP contribution < -0.4 is 5.73 Å². The summed E-state index contributed by atoms with van der Waals surface area (Å²) in [5.74, 6) is 0. The highest BCUT2D eigenvalue weighted by Crippen LogP contribution is 2.42. The fourth-order valence-electron chi connectivity index (χ4n) is 1.69. The van der Waals surface area contributed by atoms with E-state index in [0.29, 0.717) is 17.3 Å².